The van der Waals surface area contributed by atoms with Crippen LogP contribution in [0.3, 0.4) is 0 Å². The SMILES string of the molecule is CCNC(=NCc1nc(C)no1)NCCCN(CC)c1ccccc1. The number of aryl methyl sites for hydroxylation is 1. The van der Waals surface area contributed by atoms with Gasteiger partial charge < -0.3 is 20.1 Å². The van der Waals surface area contributed by atoms with Crippen molar-refractivity contribution in [3.8, 4) is 0 Å². The molecule has 0 aliphatic rings. The molecule has 0 saturated heterocycles. The molecule has 0 fully saturated rings. The number of aliphatic imine (C=N–C) groups is 1. The number of hydrogen-bond donors (Lipinski definition) is 2. The molecule has 7 nitrogen and oxygen atoms in total. The molecule has 2 N–H and O–H groups in total. The number of nitrogens with one attached hydrogen (secondary N) is 2. The van der Waals surface area contributed by atoms with Crippen LogP contribution in [0.5, 0.6) is 0 Å². The van der Waals surface area contributed by atoms with E-state index in [2.05, 4.69) is 61.9 Å². The van der Waals surface area contributed by atoms with Gasteiger partial charge in [0.15, 0.2) is 11.8 Å². The molecular weight excluding hydrogens is 316 g/mol. The number of aromatic nitrogens is 2. The van der Waals surface area contributed by atoms with Gasteiger partial charge in [-0.25, -0.2) is 4.99 Å². The Morgan fingerprint density at radius 3 is 2.64 bits per heavy atom. The van der Waals surface area contributed by atoms with Crippen molar-refractivity contribution >= 4 is 11.6 Å². The standard InChI is InChI=1S/C18H28N6O/c1-4-19-18(21-14-17-22-15(3)23-25-17)20-12-9-13-24(5-2)16-10-7-6-8-11-16/h6-8,10-11H,4-5,9,12-14H2,1-3H3,(H2,19,20,21). The first-order valence-electron chi connectivity index (χ1n) is 8.84. The molecule has 0 aliphatic carbocycles. The zero-order chi connectivity index (χ0) is 17.9. The Bertz CT molecular complexity index is 640. The molecule has 1 aromatic heterocycles. The van der Waals surface area contributed by atoms with Gasteiger partial charge in [-0.1, -0.05) is 23.4 Å². The minimum absolute atomic E-state index is 0.376. The van der Waals surface area contributed by atoms with Gasteiger partial charge in [-0.15, -0.1) is 0 Å². The lowest BCUT2D eigenvalue weighted by molar-refractivity contribution is 0.376. The normalized spacial score (nSPS) is 11.4. The second-order valence-corrected chi connectivity index (χ2v) is 5.63. The Kier molecular flexibility index (Phi) is 7.75. The summed E-state index contributed by atoms with van der Waals surface area (Å²) in [6, 6.07) is 10.5. The number of guanidine groups is 1. The molecule has 1 heterocycles. The highest BCUT2D eigenvalue weighted by molar-refractivity contribution is 5.79. The zero-order valence-corrected chi connectivity index (χ0v) is 15.3. The van der Waals surface area contributed by atoms with Gasteiger partial charge in [-0.05, 0) is 39.3 Å². The van der Waals surface area contributed by atoms with Crippen LogP contribution in [0.4, 0.5) is 5.69 Å². The van der Waals surface area contributed by atoms with E-state index < -0.39 is 0 Å². The summed E-state index contributed by atoms with van der Waals surface area (Å²) in [5.74, 6) is 1.92. The van der Waals surface area contributed by atoms with Crippen LogP contribution in [0.1, 0.15) is 32.0 Å². The first-order chi connectivity index (χ1) is 12.2. The van der Waals surface area contributed by atoms with E-state index in [9.17, 15) is 0 Å². The molecule has 1 aromatic carbocycles. The minimum Gasteiger partial charge on any atom is -0.372 e. The minimum atomic E-state index is 0.376. The maximum atomic E-state index is 5.08. The Morgan fingerprint density at radius 1 is 1.20 bits per heavy atom. The van der Waals surface area contributed by atoms with Crippen molar-refractivity contribution in [3.05, 3.63) is 42.0 Å². The number of hydrogen-bond acceptors (Lipinski definition) is 5. The van der Waals surface area contributed by atoms with E-state index >= 15 is 0 Å². The Hall–Kier alpha value is -2.57. The summed E-state index contributed by atoms with van der Waals surface area (Å²) < 4.78 is 5.08. The van der Waals surface area contributed by atoms with Gasteiger partial charge in [0.05, 0.1) is 0 Å². The summed E-state index contributed by atoms with van der Waals surface area (Å²) in [4.78, 5) is 11.0. The summed E-state index contributed by atoms with van der Waals surface area (Å²) in [6.45, 7) is 10.0. The van der Waals surface area contributed by atoms with Crippen LogP contribution >= 0.6 is 0 Å². The van der Waals surface area contributed by atoms with Gasteiger partial charge in [0, 0.05) is 31.9 Å². The van der Waals surface area contributed by atoms with Crippen molar-refractivity contribution in [1.29, 1.82) is 0 Å². The smallest absolute Gasteiger partial charge is 0.248 e. The van der Waals surface area contributed by atoms with Crippen LogP contribution in [0, 0.1) is 6.92 Å². The fourth-order valence-corrected chi connectivity index (χ4v) is 2.48. The van der Waals surface area contributed by atoms with E-state index in [4.69, 9.17) is 4.52 Å². The topological polar surface area (TPSA) is 78.6 Å². The second kappa shape index (κ2) is 10.3. The van der Waals surface area contributed by atoms with Gasteiger partial charge >= 0.3 is 0 Å². The van der Waals surface area contributed by atoms with Gasteiger partial charge in [0.1, 0.15) is 6.54 Å². The molecule has 7 heteroatoms. The van der Waals surface area contributed by atoms with Crippen LogP contribution in [0.25, 0.3) is 0 Å². The van der Waals surface area contributed by atoms with Gasteiger partial charge in [-0.3, -0.25) is 0 Å². The number of rotatable bonds is 9. The van der Waals surface area contributed by atoms with Gasteiger partial charge in [-0.2, -0.15) is 4.98 Å². The molecule has 2 aromatic rings. The molecule has 0 atom stereocenters. The average molecular weight is 344 g/mol. The molecule has 136 valence electrons. The van der Waals surface area contributed by atoms with E-state index in [0.717, 1.165) is 38.6 Å². The Balaban J connectivity index is 1.78. The summed E-state index contributed by atoms with van der Waals surface area (Å²) >= 11 is 0. The average Bonchev–Trinajstić information content (AvgIpc) is 3.05. The highest BCUT2D eigenvalue weighted by Gasteiger charge is 2.05. The van der Waals surface area contributed by atoms with Crippen LogP contribution < -0.4 is 15.5 Å². The molecule has 0 unspecified atom stereocenters. The van der Waals surface area contributed by atoms with Gasteiger partial charge in [0.25, 0.3) is 0 Å². The summed E-state index contributed by atoms with van der Waals surface area (Å²) in [5.41, 5.74) is 1.26. The van der Waals surface area contributed by atoms with Crippen molar-refractivity contribution in [3.63, 3.8) is 0 Å². The summed E-state index contributed by atoms with van der Waals surface area (Å²) in [5, 5.41) is 10.4. The third-order valence-corrected chi connectivity index (χ3v) is 3.69. The maximum Gasteiger partial charge on any atom is 0.248 e. The van der Waals surface area contributed by atoms with Crippen molar-refractivity contribution in [2.45, 2.75) is 33.7 Å². The molecule has 0 amide bonds. The summed E-state index contributed by atoms with van der Waals surface area (Å²) in [7, 11) is 0. The van der Waals surface area contributed by atoms with E-state index in [1.165, 1.54) is 5.69 Å². The highest BCUT2D eigenvalue weighted by Crippen LogP contribution is 2.12. The maximum absolute atomic E-state index is 5.08. The largest absolute Gasteiger partial charge is 0.372 e. The van der Waals surface area contributed by atoms with E-state index in [0.29, 0.717) is 18.3 Å². The molecule has 0 spiro atoms. The number of anilines is 1. The molecule has 2 rings (SSSR count). The first-order valence-corrected chi connectivity index (χ1v) is 8.84. The molecule has 0 radical (unpaired) electrons. The third kappa shape index (κ3) is 6.45. The lowest BCUT2D eigenvalue weighted by Crippen LogP contribution is -2.38. The predicted molar refractivity (Wildman–Crippen MR) is 101 cm³/mol. The van der Waals surface area contributed by atoms with E-state index in [-0.39, 0.29) is 0 Å². The van der Waals surface area contributed by atoms with Gasteiger partial charge in [0.2, 0.25) is 5.89 Å². The number of nitrogens with zero attached hydrogens (tertiary/aromatic N) is 4. The van der Waals surface area contributed by atoms with Crippen LogP contribution in [-0.4, -0.2) is 42.3 Å². The first kappa shape index (κ1) is 18.8. The molecule has 0 saturated carbocycles. The molecule has 0 bridgehead atoms. The molecule has 0 aliphatic heterocycles. The lowest BCUT2D eigenvalue weighted by atomic mass is 10.2. The van der Waals surface area contributed by atoms with Crippen molar-refractivity contribution in [2.75, 3.05) is 31.1 Å². The summed E-state index contributed by atoms with van der Waals surface area (Å²) in [6.07, 6.45) is 1.02. The van der Waals surface area contributed by atoms with E-state index in [1.54, 1.807) is 6.92 Å². The highest BCUT2D eigenvalue weighted by atomic mass is 16.5. The zero-order valence-electron chi connectivity index (χ0n) is 15.3. The number of benzene rings is 1. The quantitative estimate of drug-likeness (QED) is 0.413. The van der Waals surface area contributed by atoms with Crippen molar-refractivity contribution in [1.82, 2.24) is 20.8 Å². The molecular formula is C18H28N6O. The van der Waals surface area contributed by atoms with Crippen LogP contribution in [0.15, 0.2) is 39.8 Å². The third-order valence-electron chi connectivity index (χ3n) is 3.69. The lowest BCUT2D eigenvalue weighted by Gasteiger charge is -2.23. The van der Waals surface area contributed by atoms with E-state index in [1.807, 2.05) is 13.0 Å². The van der Waals surface area contributed by atoms with Crippen LogP contribution in [0.2, 0.25) is 0 Å². The fraction of sp³-hybridized carbons (Fsp3) is 0.500. The Morgan fingerprint density at radius 2 is 2.00 bits per heavy atom. The fourth-order valence-electron chi connectivity index (χ4n) is 2.48. The predicted octanol–water partition coefficient (Wildman–Crippen LogP) is 2.35. The van der Waals surface area contributed by atoms with Crippen molar-refractivity contribution < 1.29 is 4.52 Å². The monoisotopic (exact) mass is 344 g/mol. The second-order valence-electron chi connectivity index (χ2n) is 5.63. The molecule has 25 heavy (non-hydrogen) atoms. The Labute approximate surface area is 149 Å². The van der Waals surface area contributed by atoms with Crippen LogP contribution in [-0.2, 0) is 6.54 Å². The number of para-hydroxylation sites is 1. The van der Waals surface area contributed by atoms with Crippen molar-refractivity contribution in [2.24, 2.45) is 4.99 Å².